The van der Waals surface area contributed by atoms with E-state index in [-0.39, 0.29) is 17.8 Å². The number of nitrogens with one attached hydrogen (secondary N) is 1. The Hall–Kier alpha value is -2.74. The largest absolute Gasteiger partial charge is 0.503 e. The van der Waals surface area contributed by atoms with Crippen LogP contribution in [0.1, 0.15) is 38.8 Å². The number of hydrazone groups is 1. The number of rotatable bonds is 5. The number of hydrogen-bond acceptors (Lipinski definition) is 6. The lowest BCUT2D eigenvalue weighted by Crippen LogP contribution is -2.42. The van der Waals surface area contributed by atoms with Crippen LogP contribution >= 0.6 is 15.9 Å². The van der Waals surface area contributed by atoms with Gasteiger partial charge in [-0.3, -0.25) is 4.79 Å². The Morgan fingerprint density at radius 3 is 2.80 bits per heavy atom. The molecule has 0 saturated carbocycles. The standard InChI is InChI=1S/C22H25BrN2O5/c1-5-28-18-9-13(8-15(23)20(18)26)11-24-25-21(27)19-12-29-16-7-6-14(22(2,3)4)10-17(16)30-19/h6-11,19,26H,5,12H2,1-4H3,(H,25,27)/b24-11-. The lowest BCUT2D eigenvalue weighted by atomic mass is 9.87. The van der Waals surface area contributed by atoms with Gasteiger partial charge in [-0.15, -0.1) is 0 Å². The number of fused-ring (bicyclic) bond motifs is 1. The van der Waals surface area contributed by atoms with Crippen molar-refractivity contribution in [2.24, 2.45) is 5.10 Å². The van der Waals surface area contributed by atoms with Gasteiger partial charge >= 0.3 is 0 Å². The van der Waals surface area contributed by atoms with Crippen LogP contribution in [0.5, 0.6) is 23.0 Å². The van der Waals surface area contributed by atoms with Gasteiger partial charge in [-0.1, -0.05) is 26.8 Å². The van der Waals surface area contributed by atoms with Crippen molar-refractivity contribution in [2.75, 3.05) is 13.2 Å². The van der Waals surface area contributed by atoms with Crippen LogP contribution in [-0.4, -0.2) is 36.5 Å². The second-order valence-electron chi connectivity index (χ2n) is 7.85. The highest BCUT2D eigenvalue weighted by Crippen LogP contribution is 2.36. The van der Waals surface area contributed by atoms with E-state index in [1.54, 1.807) is 12.1 Å². The third kappa shape index (κ3) is 5.05. The molecule has 1 heterocycles. The fourth-order valence-corrected chi connectivity index (χ4v) is 3.30. The van der Waals surface area contributed by atoms with E-state index in [2.05, 4.69) is 47.2 Å². The SMILES string of the molecule is CCOc1cc(/C=N\NC(=O)C2COc3ccc(C(C)(C)C)cc3O2)cc(Br)c1O. The van der Waals surface area contributed by atoms with E-state index in [4.69, 9.17) is 14.2 Å². The van der Waals surface area contributed by atoms with Crippen molar-refractivity contribution in [2.45, 2.75) is 39.2 Å². The Morgan fingerprint density at radius 1 is 1.33 bits per heavy atom. The quantitative estimate of drug-likeness (QED) is 0.499. The third-order valence-corrected chi connectivity index (χ3v) is 5.11. The highest BCUT2D eigenvalue weighted by atomic mass is 79.9. The number of amides is 1. The lowest BCUT2D eigenvalue weighted by Gasteiger charge is -2.27. The molecule has 0 spiro atoms. The Morgan fingerprint density at radius 2 is 2.10 bits per heavy atom. The molecule has 2 aromatic carbocycles. The summed E-state index contributed by atoms with van der Waals surface area (Å²) in [6.45, 7) is 8.66. The number of nitrogens with zero attached hydrogens (tertiary/aromatic N) is 1. The molecular formula is C22H25BrN2O5. The van der Waals surface area contributed by atoms with Crippen molar-refractivity contribution in [3.63, 3.8) is 0 Å². The predicted molar refractivity (Wildman–Crippen MR) is 118 cm³/mol. The first-order chi connectivity index (χ1) is 14.2. The number of carbonyl (C=O) groups is 1. The smallest absolute Gasteiger partial charge is 0.284 e. The van der Waals surface area contributed by atoms with Crippen LogP contribution in [0.25, 0.3) is 0 Å². The van der Waals surface area contributed by atoms with E-state index >= 15 is 0 Å². The van der Waals surface area contributed by atoms with Gasteiger partial charge in [0.2, 0.25) is 6.10 Å². The van der Waals surface area contributed by atoms with Gasteiger partial charge in [-0.25, -0.2) is 5.43 Å². The van der Waals surface area contributed by atoms with Gasteiger partial charge in [-0.2, -0.15) is 5.10 Å². The monoisotopic (exact) mass is 476 g/mol. The summed E-state index contributed by atoms with van der Waals surface area (Å²) in [6, 6.07) is 9.06. The first-order valence-corrected chi connectivity index (χ1v) is 10.4. The molecule has 0 radical (unpaired) electrons. The maximum atomic E-state index is 12.5. The zero-order valence-corrected chi connectivity index (χ0v) is 18.9. The van der Waals surface area contributed by atoms with E-state index in [9.17, 15) is 9.90 Å². The molecule has 3 rings (SSSR count). The summed E-state index contributed by atoms with van der Waals surface area (Å²) in [5.41, 5.74) is 4.16. The van der Waals surface area contributed by atoms with Gasteiger partial charge in [0, 0.05) is 0 Å². The molecule has 1 atom stereocenters. The van der Waals surface area contributed by atoms with Crippen molar-refractivity contribution >= 4 is 28.1 Å². The molecule has 0 bridgehead atoms. The zero-order chi connectivity index (χ0) is 21.9. The highest BCUT2D eigenvalue weighted by Gasteiger charge is 2.28. The second-order valence-corrected chi connectivity index (χ2v) is 8.70. The predicted octanol–water partition coefficient (Wildman–Crippen LogP) is 4.14. The zero-order valence-electron chi connectivity index (χ0n) is 17.4. The number of phenols is 1. The molecule has 2 N–H and O–H groups in total. The minimum atomic E-state index is -0.810. The van der Waals surface area contributed by atoms with E-state index in [0.29, 0.717) is 33.9 Å². The molecule has 1 amide bonds. The molecule has 1 aliphatic heterocycles. The summed E-state index contributed by atoms with van der Waals surface area (Å²) >= 11 is 3.27. The van der Waals surface area contributed by atoms with Crippen LogP contribution < -0.4 is 19.6 Å². The topological polar surface area (TPSA) is 89.4 Å². The minimum Gasteiger partial charge on any atom is -0.503 e. The van der Waals surface area contributed by atoms with Crippen LogP contribution in [0.15, 0.2) is 39.9 Å². The first kappa shape index (κ1) is 22.0. The molecule has 0 fully saturated rings. The van der Waals surface area contributed by atoms with Crippen molar-refractivity contribution in [1.29, 1.82) is 0 Å². The normalized spacial score (nSPS) is 15.8. The van der Waals surface area contributed by atoms with Crippen LogP contribution in [0.3, 0.4) is 0 Å². The molecule has 1 aliphatic rings. The molecule has 2 aromatic rings. The van der Waals surface area contributed by atoms with Crippen molar-refractivity contribution in [1.82, 2.24) is 5.43 Å². The van der Waals surface area contributed by atoms with Crippen LogP contribution in [-0.2, 0) is 10.2 Å². The Balaban J connectivity index is 1.66. The minimum absolute atomic E-state index is 0.0130. The average molecular weight is 477 g/mol. The number of halogens is 1. The number of ether oxygens (including phenoxy) is 3. The highest BCUT2D eigenvalue weighted by molar-refractivity contribution is 9.10. The molecule has 7 nitrogen and oxygen atoms in total. The van der Waals surface area contributed by atoms with Gasteiger partial charge in [0.05, 0.1) is 17.3 Å². The summed E-state index contributed by atoms with van der Waals surface area (Å²) in [5, 5.41) is 14.0. The lowest BCUT2D eigenvalue weighted by molar-refractivity contribution is -0.130. The molecule has 160 valence electrons. The van der Waals surface area contributed by atoms with E-state index < -0.39 is 12.0 Å². The Kier molecular flexibility index (Phi) is 6.55. The number of hydrogen-bond donors (Lipinski definition) is 2. The third-order valence-electron chi connectivity index (χ3n) is 4.50. The maximum Gasteiger partial charge on any atom is 0.284 e. The van der Waals surface area contributed by atoms with Gasteiger partial charge < -0.3 is 19.3 Å². The Bertz CT molecular complexity index is 969. The fraction of sp³-hybridized carbons (Fsp3) is 0.364. The maximum absolute atomic E-state index is 12.5. The molecule has 8 heteroatoms. The summed E-state index contributed by atoms with van der Waals surface area (Å²) in [5.74, 6) is 1.09. The van der Waals surface area contributed by atoms with Crippen molar-refractivity contribution in [3.05, 3.63) is 45.9 Å². The molecule has 1 unspecified atom stereocenters. The number of benzene rings is 2. The number of carbonyl (C=O) groups excluding carboxylic acids is 1. The van der Waals surface area contributed by atoms with E-state index in [1.807, 2.05) is 25.1 Å². The van der Waals surface area contributed by atoms with Crippen LogP contribution in [0.2, 0.25) is 0 Å². The first-order valence-electron chi connectivity index (χ1n) is 9.61. The number of phenolic OH excluding ortho intramolecular Hbond substituents is 1. The number of aromatic hydroxyl groups is 1. The average Bonchev–Trinajstić information content (AvgIpc) is 2.70. The van der Waals surface area contributed by atoms with Gasteiger partial charge in [0.25, 0.3) is 5.91 Å². The molecule has 0 saturated heterocycles. The van der Waals surface area contributed by atoms with E-state index in [0.717, 1.165) is 5.56 Å². The summed E-state index contributed by atoms with van der Waals surface area (Å²) in [4.78, 5) is 12.5. The van der Waals surface area contributed by atoms with Crippen LogP contribution in [0, 0.1) is 0 Å². The van der Waals surface area contributed by atoms with Gasteiger partial charge in [0.1, 0.15) is 6.61 Å². The van der Waals surface area contributed by atoms with Crippen LogP contribution in [0.4, 0.5) is 0 Å². The van der Waals surface area contributed by atoms with Crippen molar-refractivity contribution in [3.8, 4) is 23.0 Å². The summed E-state index contributed by atoms with van der Waals surface area (Å²) in [6.07, 6.45) is 0.648. The van der Waals surface area contributed by atoms with Crippen molar-refractivity contribution < 1.29 is 24.1 Å². The second kappa shape index (κ2) is 8.95. The summed E-state index contributed by atoms with van der Waals surface area (Å²) in [7, 11) is 0. The molecule has 30 heavy (non-hydrogen) atoms. The fourth-order valence-electron chi connectivity index (χ4n) is 2.84. The van der Waals surface area contributed by atoms with Gasteiger partial charge in [0.15, 0.2) is 23.0 Å². The molecule has 0 aromatic heterocycles. The van der Waals surface area contributed by atoms with Gasteiger partial charge in [-0.05, 0) is 63.7 Å². The molecular weight excluding hydrogens is 452 g/mol. The summed E-state index contributed by atoms with van der Waals surface area (Å²) < 4.78 is 17.4. The molecule has 0 aliphatic carbocycles. The Labute approximate surface area is 184 Å². The van der Waals surface area contributed by atoms with E-state index in [1.165, 1.54) is 6.21 Å².